The number of aryl methyl sites for hydroxylation is 2. The van der Waals surface area contributed by atoms with Crippen LogP contribution in [0.15, 0.2) is 52.6 Å². The van der Waals surface area contributed by atoms with Crippen LogP contribution in [0.4, 0.5) is 9.18 Å². The minimum absolute atomic E-state index is 0.328. The van der Waals surface area contributed by atoms with Gasteiger partial charge in [0.15, 0.2) is 0 Å². The molecule has 2 aromatic carbocycles. The van der Waals surface area contributed by atoms with E-state index in [0.717, 1.165) is 21.6 Å². The molecule has 0 aromatic heterocycles. The monoisotopic (exact) mass is 435 g/mol. The van der Waals surface area contributed by atoms with Crippen LogP contribution in [0.25, 0.3) is 0 Å². The van der Waals surface area contributed by atoms with Crippen LogP contribution in [0.3, 0.4) is 0 Å². The molecule has 0 radical (unpaired) electrons. The fourth-order valence-corrected chi connectivity index (χ4v) is 3.72. The van der Waals surface area contributed by atoms with Crippen molar-refractivity contribution in [3.63, 3.8) is 0 Å². The molecule has 8 nitrogen and oxygen atoms in total. The molecule has 0 saturated carbocycles. The molecule has 2 heterocycles. The Labute approximate surface area is 185 Å². The van der Waals surface area contributed by atoms with Gasteiger partial charge in [0, 0.05) is 14.1 Å². The number of urea groups is 1. The number of amidine groups is 1. The van der Waals surface area contributed by atoms with Gasteiger partial charge in [-0.1, -0.05) is 40.9 Å². The van der Waals surface area contributed by atoms with E-state index in [4.69, 9.17) is 0 Å². The summed E-state index contributed by atoms with van der Waals surface area (Å²) in [5.41, 5.74) is 6.83. The van der Waals surface area contributed by atoms with Gasteiger partial charge in [-0.25, -0.2) is 13.8 Å². The number of nitrogens with zero attached hydrogens (tertiary/aromatic N) is 5. The topological polar surface area (TPSA) is 80.4 Å². The van der Waals surface area contributed by atoms with Gasteiger partial charge >= 0.3 is 12.0 Å². The van der Waals surface area contributed by atoms with E-state index >= 15 is 0 Å². The second kappa shape index (κ2) is 8.33. The Bertz CT molecular complexity index is 1190. The lowest BCUT2D eigenvalue weighted by Gasteiger charge is -2.31. The van der Waals surface area contributed by atoms with E-state index in [0.29, 0.717) is 23.9 Å². The molecular formula is C23H24FN6O2+. The maximum atomic E-state index is 13.1. The van der Waals surface area contributed by atoms with E-state index in [-0.39, 0.29) is 11.7 Å². The van der Waals surface area contributed by atoms with E-state index in [9.17, 15) is 14.0 Å². The van der Waals surface area contributed by atoms with Crippen LogP contribution in [0.1, 0.15) is 22.3 Å². The number of fused-ring (bicyclic) bond motifs is 1. The van der Waals surface area contributed by atoms with Crippen LogP contribution < -0.4 is 5.43 Å². The Balaban J connectivity index is 1.70. The number of likely N-dealkylation sites (N-methyl/N-ethyl adjacent to an activating group) is 2. The average Bonchev–Trinajstić information content (AvgIpc) is 3.13. The zero-order valence-corrected chi connectivity index (χ0v) is 18.3. The van der Waals surface area contributed by atoms with Gasteiger partial charge in [0.25, 0.3) is 5.91 Å². The van der Waals surface area contributed by atoms with E-state index < -0.39 is 12.1 Å². The highest BCUT2D eigenvalue weighted by Gasteiger charge is 2.51. The average molecular weight is 435 g/mol. The number of hydrazone groups is 1. The first-order chi connectivity index (χ1) is 15.3. The molecule has 0 bridgehead atoms. The molecule has 3 amide bonds. The van der Waals surface area contributed by atoms with Crippen molar-refractivity contribution in [3.8, 4) is 0 Å². The summed E-state index contributed by atoms with van der Waals surface area (Å²) in [6.45, 7) is 4.43. The molecule has 1 fully saturated rings. The number of hydrogen-bond acceptors (Lipinski definition) is 5. The number of benzene rings is 2. The van der Waals surface area contributed by atoms with Crippen LogP contribution >= 0.6 is 0 Å². The van der Waals surface area contributed by atoms with E-state index in [1.165, 1.54) is 30.3 Å². The molecular weight excluding hydrogens is 411 g/mol. The zero-order valence-electron chi connectivity index (χ0n) is 18.3. The molecule has 4 rings (SSSR count). The Morgan fingerprint density at radius 1 is 1.12 bits per heavy atom. The molecule has 0 spiro atoms. The number of halogens is 1. The van der Waals surface area contributed by atoms with Crippen molar-refractivity contribution < 1.29 is 18.6 Å². The van der Waals surface area contributed by atoms with Gasteiger partial charge in [-0.3, -0.25) is 14.6 Å². The smallest absolute Gasteiger partial charge is 0.270 e. The van der Waals surface area contributed by atoms with Crippen LogP contribution in [0, 0.1) is 19.7 Å². The first kappa shape index (κ1) is 21.4. The summed E-state index contributed by atoms with van der Waals surface area (Å²) in [4.78, 5) is 32.5. The molecule has 9 heteroatoms. The molecule has 164 valence electrons. The second-order valence-corrected chi connectivity index (χ2v) is 7.91. The van der Waals surface area contributed by atoms with Crippen LogP contribution in [-0.2, 0) is 11.3 Å². The van der Waals surface area contributed by atoms with Gasteiger partial charge < -0.3 is 0 Å². The summed E-state index contributed by atoms with van der Waals surface area (Å²) in [5, 5.41) is 4.22. The van der Waals surface area contributed by atoms with Crippen LogP contribution in [0.5, 0.6) is 0 Å². The molecule has 1 saturated heterocycles. The molecule has 1 N–H and O–H groups in total. The molecule has 32 heavy (non-hydrogen) atoms. The molecule has 1 atom stereocenters. The first-order valence-electron chi connectivity index (χ1n) is 10.1. The number of hydrogen-bond donors (Lipinski definition) is 1. The molecule has 0 aliphatic carbocycles. The normalized spacial score (nSPS) is 18.5. The van der Waals surface area contributed by atoms with Crippen molar-refractivity contribution in [2.45, 2.75) is 26.4 Å². The zero-order chi connectivity index (χ0) is 23.0. The number of imide groups is 1. The second-order valence-electron chi connectivity index (χ2n) is 7.91. The lowest BCUT2D eigenvalue weighted by Crippen LogP contribution is -2.61. The minimum atomic E-state index is -0.744. The quantitative estimate of drug-likeness (QED) is 0.454. The lowest BCUT2D eigenvalue weighted by molar-refractivity contribution is -0.553. The summed E-state index contributed by atoms with van der Waals surface area (Å²) < 4.78 is 14.9. The Morgan fingerprint density at radius 2 is 1.84 bits per heavy atom. The maximum Gasteiger partial charge on any atom is 0.414 e. The molecule has 2 aliphatic heterocycles. The first-order valence-corrected chi connectivity index (χ1v) is 10.1. The van der Waals surface area contributed by atoms with Crippen molar-refractivity contribution >= 4 is 29.9 Å². The number of aliphatic imine (C=N–C) groups is 1. The number of carbonyl (C=O) groups is 2. The van der Waals surface area contributed by atoms with Crippen molar-refractivity contribution in [2.24, 2.45) is 10.1 Å². The van der Waals surface area contributed by atoms with Crippen LogP contribution in [0.2, 0.25) is 0 Å². The van der Waals surface area contributed by atoms with Gasteiger partial charge in [0.1, 0.15) is 5.82 Å². The Kier molecular flexibility index (Phi) is 5.56. The predicted octanol–water partition coefficient (Wildman–Crippen LogP) is 2.24. The van der Waals surface area contributed by atoms with Crippen molar-refractivity contribution in [2.75, 3.05) is 14.1 Å². The molecule has 2 aromatic rings. The predicted molar refractivity (Wildman–Crippen MR) is 119 cm³/mol. The number of rotatable bonds is 4. The largest absolute Gasteiger partial charge is 0.414 e. The highest BCUT2D eigenvalue weighted by atomic mass is 19.1. The maximum absolute atomic E-state index is 13.1. The highest BCUT2D eigenvalue weighted by molar-refractivity contribution is 6.22. The summed E-state index contributed by atoms with van der Waals surface area (Å²) >= 11 is 0. The Morgan fingerprint density at radius 3 is 2.56 bits per heavy atom. The highest BCUT2D eigenvalue weighted by Crippen LogP contribution is 2.21. The van der Waals surface area contributed by atoms with Crippen molar-refractivity contribution in [3.05, 3.63) is 70.5 Å². The summed E-state index contributed by atoms with van der Waals surface area (Å²) in [6.07, 6.45) is 1.54. The molecule has 1 unspecified atom stereocenters. The van der Waals surface area contributed by atoms with Crippen molar-refractivity contribution in [1.29, 1.82) is 0 Å². The Hall–Kier alpha value is -3.88. The summed E-state index contributed by atoms with van der Waals surface area (Å²) in [5.74, 6) is 0.0257. The van der Waals surface area contributed by atoms with Crippen LogP contribution in [-0.4, -0.2) is 64.5 Å². The third-order valence-corrected chi connectivity index (χ3v) is 5.62. The summed E-state index contributed by atoms with van der Waals surface area (Å²) in [7, 11) is 3.06. The number of amides is 3. The fraction of sp³-hybridized carbons (Fsp3) is 0.261. The van der Waals surface area contributed by atoms with Crippen molar-refractivity contribution in [1.82, 2.24) is 15.2 Å². The lowest BCUT2D eigenvalue weighted by atomic mass is 10.0. The third kappa shape index (κ3) is 3.89. The number of guanidine groups is 1. The number of carbonyl (C=O) groups excluding carboxylic acids is 2. The van der Waals surface area contributed by atoms with Gasteiger partial charge in [-0.15, -0.1) is 5.10 Å². The summed E-state index contributed by atoms with van der Waals surface area (Å²) in [6, 6.07) is 10.9. The molecule has 2 aliphatic rings. The number of nitrogens with one attached hydrogen (secondary N) is 1. The third-order valence-electron chi connectivity index (χ3n) is 5.62. The van der Waals surface area contributed by atoms with Gasteiger partial charge in [0.05, 0.1) is 12.8 Å². The van der Waals surface area contributed by atoms with Gasteiger partial charge in [-0.05, 0) is 42.7 Å². The minimum Gasteiger partial charge on any atom is -0.270 e. The SMILES string of the molecule is Cc1ccc(C)c(C[N+]2=C(N/N=C/c3ccc(F)cc3)N=C3C2C(=O)N(C)C(=O)N3C)c1. The van der Waals surface area contributed by atoms with Gasteiger partial charge in [0.2, 0.25) is 11.9 Å². The van der Waals surface area contributed by atoms with E-state index in [1.807, 2.05) is 26.0 Å². The van der Waals surface area contributed by atoms with E-state index in [1.54, 1.807) is 23.8 Å². The standard InChI is InChI=1S/C23H23FN6O2/c1-14-5-6-15(2)17(11-14)13-30-19-20(28(3)23(32)29(4)21(19)31)26-22(30)27-25-12-16-7-9-18(24)10-8-16/h5-12,19H,13H2,1-4H3/p+1/b25-12+. The van der Waals surface area contributed by atoms with E-state index in [2.05, 4.69) is 21.6 Å². The fourth-order valence-electron chi connectivity index (χ4n) is 3.72. The van der Waals surface area contributed by atoms with Gasteiger partial charge in [-0.2, -0.15) is 5.43 Å².